The Hall–Kier alpha value is -3.05. The Morgan fingerprint density at radius 1 is 0.917 bits per heavy atom. The van der Waals surface area contributed by atoms with Crippen molar-refractivity contribution < 1.29 is 43.5 Å². The number of non-ortho nitro benzene ring substituents is 1. The number of benzene rings is 1. The van der Waals surface area contributed by atoms with Gasteiger partial charge in [-0.1, -0.05) is 0 Å². The number of carboxylic acid groups (broad SMARTS) is 1. The SMILES string of the molecule is O=C(CCOCCOCCOCCOCCNc1ccc([N+](=O)[O-])cc1[N+](=O)[O-])N[C@@H](CS)C(=O)O. The topological polar surface area (TPSA) is 202 Å². The highest BCUT2D eigenvalue weighted by Crippen LogP contribution is 2.28. The fourth-order valence-corrected chi connectivity index (χ4v) is 2.82. The first-order chi connectivity index (χ1) is 17.3. The lowest BCUT2D eigenvalue weighted by atomic mass is 10.2. The first kappa shape index (κ1) is 31.0. The van der Waals surface area contributed by atoms with Crippen molar-refractivity contribution in [3.8, 4) is 0 Å². The monoisotopic (exact) mass is 534 g/mol. The van der Waals surface area contributed by atoms with E-state index in [0.717, 1.165) is 6.07 Å². The van der Waals surface area contributed by atoms with Gasteiger partial charge in [0.25, 0.3) is 11.4 Å². The van der Waals surface area contributed by atoms with Gasteiger partial charge < -0.3 is 34.7 Å². The van der Waals surface area contributed by atoms with Gasteiger partial charge in [-0.05, 0) is 6.07 Å². The van der Waals surface area contributed by atoms with Gasteiger partial charge in [-0.3, -0.25) is 25.0 Å². The van der Waals surface area contributed by atoms with E-state index in [4.69, 9.17) is 24.1 Å². The number of carboxylic acids is 1. The first-order valence-electron chi connectivity index (χ1n) is 10.9. The molecule has 1 aromatic rings. The maximum atomic E-state index is 11.6. The summed E-state index contributed by atoms with van der Waals surface area (Å²) in [6, 6.07) is 2.33. The Kier molecular flexibility index (Phi) is 15.7. The van der Waals surface area contributed by atoms with Crippen molar-refractivity contribution in [3.63, 3.8) is 0 Å². The van der Waals surface area contributed by atoms with Crippen molar-refractivity contribution >= 4 is 41.6 Å². The van der Waals surface area contributed by atoms with Crippen molar-refractivity contribution in [3.05, 3.63) is 38.4 Å². The molecule has 0 saturated heterocycles. The molecule has 1 amide bonds. The van der Waals surface area contributed by atoms with Crippen LogP contribution in [-0.4, -0.2) is 98.0 Å². The van der Waals surface area contributed by atoms with E-state index in [0.29, 0.717) is 33.0 Å². The molecular weight excluding hydrogens is 504 g/mol. The second kappa shape index (κ2) is 18.3. The molecule has 36 heavy (non-hydrogen) atoms. The van der Waals surface area contributed by atoms with Crippen LogP contribution in [0.2, 0.25) is 0 Å². The van der Waals surface area contributed by atoms with Crippen LogP contribution in [-0.2, 0) is 28.5 Å². The number of nitrogens with zero attached hydrogens (tertiary/aromatic N) is 2. The van der Waals surface area contributed by atoms with Crippen molar-refractivity contribution in [1.82, 2.24) is 5.32 Å². The Balaban J connectivity index is 1.97. The molecule has 1 rings (SSSR count). The number of aliphatic carboxylic acids is 1. The summed E-state index contributed by atoms with van der Waals surface area (Å²) in [5, 5.41) is 35.8. The molecule has 16 heteroatoms. The van der Waals surface area contributed by atoms with Gasteiger partial charge in [0, 0.05) is 24.8 Å². The number of hydrogen-bond acceptors (Lipinski definition) is 12. The summed E-state index contributed by atoms with van der Waals surface area (Å²) in [4.78, 5) is 42.8. The van der Waals surface area contributed by atoms with E-state index < -0.39 is 27.8 Å². The summed E-state index contributed by atoms with van der Waals surface area (Å²) in [7, 11) is 0. The number of carbonyl (C=O) groups excluding carboxylic acids is 1. The minimum Gasteiger partial charge on any atom is -0.480 e. The largest absolute Gasteiger partial charge is 0.480 e. The molecule has 1 aromatic carbocycles. The number of nitrogens with one attached hydrogen (secondary N) is 2. The smallest absolute Gasteiger partial charge is 0.327 e. The molecule has 0 heterocycles. The van der Waals surface area contributed by atoms with E-state index in [9.17, 15) is 29.8 Å². The molecule has 0 aliphatic heterocycles. The molecule has 0 aromatic heterocycles. The standard InChI is InChI=1S/C20H30N4O11S/c25-19(22-17(14-36)20(26)27)3-5-32-7-9-34-11-12-35-10-8-33-6-4-21-16-2-1-15(23(28)29)13-18(16)24(30)31/h1-2,13,17,21,36H,3-12,14H2,(H,22,25)(H,26,27)/t17-/m0/s1. The maximum absolute atomic E-state index is 11.6. The third-order valence-electron chi connectivity index (χ3n) is 4.36. The number of hydrogen-bond donors (Lipinski definition) is 4. The van der Waals surface area contributed by atoms with E-state index in [1.165, 1.54) is 12.1 Å². The molecule has 0 saturated carbocycles. The predicted octanol–water partition coefficient (Wildman–Crippen LogP) is 0.871. The zero-order chi connectivity index (χ0) is 26.8. The lowest BCUT2D eigenvalue weighted by molar-refractivity contribution is -0.393. The second-order valence-electron chi connectivity index (χ2n) is 6.98. The summed E-state index contributed by atoms with van der Waals surface area (Å²) in [6.45, 7) is 2.49. The molecule has 202 valence electrons. The molecular formula is C20H30N4O11S. The number of thiol groups is 1. The zero-order valence-electron chi connectivity index (χ0n) is 19.5. The van der Waals surface area contributed by atoms with Crippen molar-refractivity contribution in [2.24, 2.45) is 0 Å². The van der Waals surface area contributed by atoms with Gasteiger partial charge in [-0.15, -0.1) is 0 Å². The third kappa shape index (κ3) is 13.1. The summed E-state index contributed by atoms with van der Waals surface area (Å²) in [6.07, 6.45) is 0.0287. The molecule has 1 atom stereocenters. The van der Waals surface area contributed by atoms with Crippen LogP contribution in [0, 0.1) is 20.2 Å². The van der Waals surface area contributed by atoms with Crippen LogP contribution in [0.3, 0.4) is 0 Å². The normalized spacial score (nSPS) is 11.6. The van der Waals surface area contributed by atoms with Crippen molar-refractivity contribution in [1.29, 1.82) is 0 Å². The van der Waals surface area contributed by atoms with Crippen molar-refractivity contribution in [2.45, 2.75) is 12.5 Å². The van der Waals surface area contributed by atoms with E-state index in [1.807, 2.05) is 0 Å². The maximum Gasteiger partial charge on any atom is 0.327 e. The highest BCUT2D eigenvalue weighted by Gasteiger charge is 2.19. The molecule has 0 aliphatic rings. The third-order valence-corrected chi connectivity index (χ3v) is 4.72. The Labute approximate surface area is 212 Å². The van der Waals surface area contributed by atoms with Gasteiger partial charge in [0.2, 0.25) is 5.91 Å². The number of ether oxygens (including phenoxy) is 4. The number of nitro groups is 2. The Morgan fingerprint density at radius 2 is 1.47 bits per heavy atom. The quantitative estimate of drug-likeness (QED) is 0.0751. The zero-order valence-corrected chi connectivity index (χ0v) is 20.4. The van der Waals surface area contributed by atoms with Gasteiger partial charge in [0.15, 0.2) is 0 Å². The van der Waals surface area contributed by atoms with Gasteiger partial charge in [0.05, 0.1) is 68.8 Å². The molecule has 0 radical (unpaired) electrons. The van der Waals surface area contributed by atoms with E-state index in [1.54, 1.807) is 0 Å². The van der Waals surface area contributed by atoms with Gasteiger partial charge in [0.1, 0.15) is 11.7 Å². The average Bonchev–Trinajstić information content (AvgIpc) is 2.84. The van der Waals surface area contributed by atoms with Crippen LogP contribution in [0.5, 0.6) is 0 Å². The fraction of sp³-hybridized carbons (Fsp3) is 0.600. The van der Waals surface area contributed by atoms with Crippen LogP contribution in [0.1, 0.15) is 6.42 Å². The van der Waals surface area contributed by atoms with Gasteiger partial charge in [-0.25, -0.2) is 4.79 Å². The van der Waals surface area contributed by atoms with Crippen LogP contribution < -0.4 is 10.6 Å². The van der Waals surface area contributed by atoms with Gasteiger partial charge in [-0.2, -0.15) is 12.6 Å². The number of nitro benzene ring substituents is 2. The Bertz CT molecular complexity index is 859. The number of anilines is 1. The lowest BCUT2D eigenvalue weighted by Crippen LogP contribution is -2.42. The summed E-state index contributed by atoms with van der Waals surface area (Å²) in [5.41, 5.74) is -0.587. The second-order valence-corrected chi connectivity index (χ2v) is 7.35. The molecule has 3 N–H and O–H groups in total. The van der Waals surface area contributed by atoms with E-state index in [-0.39, 0.29) is 55.6 Å². The molecule has 0 bridgehead atoms. The molecule has 0 aliphatic carbocycles. The number of rotatable bonds is 21. The van der Waals surface area contributed by atoms with Crippen LogP contribution in [0.4, 0.5) is 17.1 Å². The van der Waals surface area contributed by atoms with Crippen LogP contribution in [0.25, 0.3) is 0 Å². The summed E-state index contributed by atoms with van der Waals surface area (Å²) >= 11 is 3.86. The number of amides is 1. The highest BCUT2D eigenvalue weighted by atomic mass is 32.1. The predicted molar refractivity (Wildman–Crippen MR) is 130 cm³/mol. The fourth-order valence-electron chi connectivity index (χ4n) is 2.57. The number of carbonyl (C=O) groups is 2. The lowest BCUT2D eigenvalue weighted by Gasteiger charge is -2.12. The molecule has 0 fully saturated rings. The average molecular weight is 535 g/mol. The Morgan fingerprint density at radius 3 is 1.97 bits per heavy atom. The molecule has 0 spiro atoms. The molecule has 15 nitrogen and oxygen atoms in total. The van der Waals surface area contributed by atoms with Crippen molar-refractivity contribution in [2.75, 3.05) is 70.5 Å². The minimum absolute atomic E-state index is 0.00177. The summed E-state index contributed by atoms with van der Waals surface area (Å²) < 4.78 is 21.3. The van der Waals surface area contributed by atoms with E-state index in [2.05, 4.69) is 23.3 Å². The highest BCUT2D eigenvalue weighted by molar-refractivity contribution is 7.80. The van der Waals surface area contributed by atoms with E-state index >= 15 is 0 Å². The van der Waals surface area contributed by atoms with Crippen LogP contribution >= 0.6 is 12.6 Å². The molecule has 0 unspecified atom stereocenters. The first-order valence-corrected chi connectivity index (χ1v) is 11.5. The van der Waals surface area contributed by atoms with Crippen LogP contribution in [0.15, 0.2) is 18.2 Å². The summed E-state index contributed by atoms with van der Waals surface area (Å²) in [5.74, 6) is -1.58. The van der Waals surface area contributed by atoms with Gasteiger partial charge >= 0.3 is 5.97 Å². The minimum atomic E-state index is -1.15.